The maximum atomic E-state index is 11.2. The maximum Gasteiger partial charge on any atom is 0.359 e. The summed E-state index contributed by atoms with van der Waals surface area (Å²) >= 11 is 0. The molecule has 0 saturated carbocycles. The molecule has 0 atom stereocenters. The van der Waals surface area contributed by atoms with E-state index in [1.807, 2.05) is 0 Å². The first-order valence-electron chi connectivity index (χ1n) is 14.5. The van der Waals surface area contributed by atoms with Gasteiger partial charge in [0.1, 0.15) is 0 Å². The van der Waals surface area contributed by atoms with Crippen molar-refractivity contribution in [2.75, 3.05) is 26.2 Å². The lowest BCUT2D eigenvalue weighted by atomic mass is 10.0. The van der Waals surface area contributed by atoms with Crippen LogP contribution in [0, 0.1) is 0 Å². The second-order valence-electron chi connectivity index (χ2n) is 10.4. The zero-order valence-corrected chi connectivity index (χ0v) is 22.9. The normalized spacial score (nSPS) is 11.8. The van der Waals surface area contributed by atoms with E-state index < -0.39 is 42.0 Å². The van der Waals surface area contributed by atoms with Gasteiger partial charge in [0.2, 0.25) is 0 Å². The molecule has 0 aromatic heterocycles. The Morgan fingerprint density at radius 3 is 1.14 bits per heavy atom. The van der Waals surface area contributed by atoms with Crippen molar-refractivity contribution < 1.29 is 34.2 Å². The third kappa shape index (κ3) is 22.6. The van der Waals surface area contributed by atoms with E-state index in [2.05, 4.69) is 19.1 Å². The maximum absolute atomic E-state index is 11.2. The molecule has 210 valence electrons. The van der Waals surface area contributed by atoms with Gasteiger partial charge in [-0.1, -0.05) is 109 Å². The zero-order valence-electron chi connectivity index (χ0n) is 22.9. The highest BCUT2D eigenvalue weighted by Gasteiger charge is 2.35. The highest BCUT2D eigenvalue weighted by molar-refractivity contribution is 5.73. The number of carbonyl (C=O) groups is 3. The number of carboxylic acid groups (broad SMARTS) is 3. The summed E-state index contributed by atoms with van der Waals surface area (Å²) in [6.07, 6.45) is 28.0. The molecule has 0 heterocycles. The second-order valence-corrected chi connectivity index (χ2v) is 10.4. The van der Waals surface area contributed by atoms with Gasteiger partial charge >= 0.3 is 17.9 Å². The van der Waals surface area contributed by atoms with Gasteiger partial charge in [-0.3, -0.25) is 4.48 Å². The number of allylic oxidation sites excluding steroid dienone is 2. The molecule has 0 radical (unpaired) electrons. The van der Waals surface area contributed by atoms with Crippen LogP contribution < -0.4 is 0 Å². The molecule has 0 fully saturated rings. The molecule has 7 nitrogen and oxygen atoms in total. The Morgan fingerprint density at radius 1 is 0.500 bits per heavy atom. The number of aliphatic carboxylic acids is 3. The molecule has 0 aromatic carbocycles. The van der Waals surface area contributed by atoms with E-state index in [0.717, 1.165) is 19.3 Å². The SMILES string of the molecule is CCCCCCCCCCCCCCCCC/C=C/CCCC[N+](CC(=O)O)(CC(=O)O)CC(=O)O. The first kappa shape index (κ1) is 34.1. The third-order valence-corrected chi connectivity index (χ3v) is 6.81. The van der Waals surface area contributed by atoms with Crippen molar-refractivity contribution in [1.29, 1.82) is 0 Å². The van der Waals surface area contributed by atoms with Gasteiger partial charge in [-0.25, -0.2) is 14.4 Å². The van der Waals surface area contributed by atoms with Gasteiger partial charge in [-0.05, 0) is 32.1 Å². The smallest absolute Gasteiger partial charge is 0.359 e. The molecule has 3 N–H and O–H groups in total. The summed E-state index contributed by atoms with van der Waals surface area (Å²) in [5, 5.41) is 27.4. The topological polar surface area (TPSA) is 112 Å². The summed E-state index contributed by atoms with van der Waals surface area (Å²) in [7, 11) is 0. The summed E-state index contributed by atoms with van der Waals surface area (Å²) < 4.78 is -0.456. The van der Waals surface area contributed by atoms with E-state index in [1.54, 1.807) is 0 Å². The first-order chi connectivity index (χ1) is 17.3. The molecule has 0 aliphatic heterocycles. The predicted molar refractivity (Wildman–Crippen MR) is 145 cm³/mol. The van der Waals surface area contributed by atoms with Gasteiger partial charge in [-0.2, -0.15) is 0 Å². The quantitative estimate of drug-likeness (QED) is 0.0618. The van der Waals surface area contributed by atoms with Gasteiger partial charge in [0.25, 0.3) is 0 Å². The monoisotopic (exact) mass is 512 g/mol. The van der Waals surface area contributed by atoms with Crippen LogP contribution in [0.2, 0.25) is 0 Å². The van der Waals surface area contributed by atoms with Crippen LogP contribution in [0.4, 0.5) is 0 Å². The van der Waals surface area contributed by atoms with Crippen LogP contribution in [-0.4, -0.2) is 63.9 Å². The van der Waals surface area contributed by atoms with Gasteiger partial charge in [-0.15, -0.1) is 0 Å². The largest absolute Gasteiger partial charge is 0.477 e. The Kier molecular flexibility index (Phi) is 22.3. The fourth-order valence-electron chi connectivity index (χ4n) is 4.84. The van der Waals surface area contributed by atoms with Crippen LogP contribution in [0.3, 0.4) is 0 Å². The zero-order chi connectivity index (χ0) is 26.9. The molecule has 0 aliphatic rings. The molecule has 0 aliphatic carbocycles. The minimum absolute atomic E-state index is 0.234. The molecule has 36 heavy (non-hydrogen) atoms. The summed E-state index contributed by atoms with van der Waals surface area (Å²) in [6, 6.07) is 0. The first-order valence-corrected chi connectivity index (χ1v) is 14.5. The number of hydrogen-bond donors (Lipinski definition) is 3. The van der Waals surface area contributed by atoms with Crippen LogP contribution in [0.15, 0.2) is 12.2 Å². The van der Waals surface area contributed by atoms with Crippen molar-refractivity contribution in [1.82, 2.24) is 0 Å². The molecule has 0 spiro atoms. The van der Waals surface area contributed by atoms with E-state index in [1.165, 1.54) is 96.3 Å². The Hall–Kier alpha value is -1.89. The van der Waals surface area contributed by atoms with Gasteiger partial charge in [0, 0.05) is 0 Å². The van der Waals surface area contributed by atoms with E-state index >= 15 is 0 Å². The minimum Gasteiger partial charge on any atom is -0.477 e. The highest BCUT2D eigenvalue weighted by atomic mass is 16.4. The van der Waals surface area contributed by atoms with Crippen molar-refractivity contribution in [3.8, 4) is 0 Å². The number of unbranched alkanes of at least 4 members (excludes halogenated alkanes) is 17. The molecule has 0 amide bonds. The van der Waals surface area contributed by atoms with Crippen molar-refractivity contribution in [2.45, 2.75) is 129 Å². The average molecular weight is 513 g/mol. The van der Waals surface area contributed by atoms with Gasteiger partial charge < -0.3 is 15.3 Å². The predicted octanol–water partition coefficient (Wildman–Crippen LogP) is 7.05. The number of nitrogens with zero attached hydrogens (tertiary/aromatic N) is 1. The Morgan fingerprint density at radius 2 is 0.806 bits per heavy atom. The van der Waals surface area contributed by atoms with Crippen LogP contribution in [0.5, 0.6) is 0 Å². The summed E-state index contributed by atoms with van der Waals surface area (Å²) in [5.74, 6) is -3.54. The van der Waals surface area contributed by atoms with E-state index in [-0.39, 0.29) is 6.54 Å². The summed E-state index contributed by atoms with van der Waals surface area (Å²) in [6.45, 7) is 1.02. The van der Waals surface area contributed by atoms with Crippen molar-refractivity contribution >= 4 is 17.9 Å². The fourth-order valence-corrected chi connectivity index (χ4v) is 4.84. The fraction of sp³-hybridized carbons (Fsp3) is 0.828. The lowest BCUT2D eigenvalue weighted by Crippen LogP contribution is -2.57. The third-order valence-electron chi connectivity index (χ3n) is 6.81. The summed E-state index contributed by atoms with van der Waals surface area (Å²) in [4.78, 5) is 33.5. The van der Waals surface area contributed by atoms with Crippen LogP contribution in [-0.2, 0) is 14.4 Å². The molecule has 0 rings (SSSR count). The second kappa shape index (κ2) is 23.5. The molecule has 0 aromatic rings. The molecular formula is C29H54NO6+. The van der Waals surface area contributed by atoms with Crippen LogP contribution in [0.1, 0.15) is 129 Å². The lowest BCUT2D eigenvalue weighted by molar-refractivity contribution is -0.907. The molecule has 0 bridgehead atoms. The van der Waals surface area contributed by atoms with Crippen molar-refractivity contribution in [3.63, 3.8) is 0 Å². The van der Waals surface area contributed by atoms with Crippen molar-refractivity contribution in [3.05, 3.63) is 12.2 Å². The standard InChI is InChI=1S/C29H53NO6/c1-2-3-4-5-6-7-8-9-10-11-12-13-14-15-16-17-18-19-20-21-22-23-30(24-27(31)32,25-28(33)34)26-29(35)36/h18-19H,2-17,20-26H2,1H3,(H2-,31,32,33,34,35,36)/p+1/b19-18+. The number of quaternary nitrogens is 1. The number of rotatable bonds is 27. The summed E-state index contributed by atoms with van der Waals surface area (Å²) in [5.41, 5.74) is 0. The Balaban J connectivity index is 3.72. The van der Waals surface area contributed by atoms with Crippen LogP contribution in [0.25, 0.3) is 0 Å². The number of carboxylic acids is 3. The van der Waals surface area contributed by atoms with Gasteiger partial charge in [0.05, 0.1) is 6.54 Å². The van der Waals surface area contributed by atoms with E-state index in [4.69, 9.17) is 15.3 Å². The van der Waals surface area contributed by atoms with Gasteiger partial charge in [0.15, 0.2) is 19.6 Å². The Labute approximate surface area is 219 Å². The van der Waals surface area contributed by atoms with E-state index in [0.29, 0.717) is 6.42 Å². The lowest BCUT2D eigenvalue weighted by Gasteiger charge is -2.34. The molecule has 7 heteroatoms. The average Bonchev–Trinajstić information content (AvgIpc) is 2.78. The molecule has 0 unspecified atom stereocenters. The van der Waals surface area contributed by atoms with Crippen LogP contribution >= 0.6 is 0 Å². The minimum atomic E-state index is -1.18. The molecular weight excluding hydrogens is 458 g/mol. The van der Waals surface area contributed by atoms with E-state index in [9.17, 15) is 14.4 Å². The van der Waals surface area contributed by atoms with Crippen molar-refractivity contribution in [2.24, 2.45) is 0 Å². The highest BCUT2D eigenvalue weighted by Crippen LogP contribution is 2.14. The molecule has 0 saturated heterocycles. The number of hydrogen-bond acceptors (Lipinski definition) is 3. The Bertz CT molecular complexity index is 564.